The molecule has 0 amide bonds. The Morgan fingerprint density at radius 3 is 1.54 bits per heavy atom. The molecule has 3 aromatic rings. The Bertz CT molecular complexity index is 813. The fourth-order valence-electron chi connectivity index (χ4n) is 3.15. The molecule has 0 N–H and O–H groups in total. The fourth-order valence-corrected chi connectivity index (χ4v) is 3.15. The SMILES string of the molecule is CCCCc1ccc(-c2ccc(CCc3cc(F)cc(F)c3)cc2)cc1. The molecule has 0 spiro atoms. The zero-order chi connectivity index (χ0) is 18.4. The van der Waals surface area contributed by atoms with Gasteiger partial charge in [-0.1, -0.05) is 61.9 Å². The van der Waals surface area contributed by atoms with Crippen molar-refractivity contribution in [2.45, 2.75) is 39.0 Å². The van der Waals surface area contributed by atoms with Crippen LogP contribution in [0.15, 0.2) is 66.7 Å². The number of halogens is 2. The van der Waals surface area contributed by atoms with Gasteiger partial charge in [-0.2, -0.15) is 0 Å². The molecule has 0 aliphatic rings. The molecule has 0 saturated heterocycles. The number of hydrogen-bond donors (Lipinski definition) is 0. The summed E-state index contributed by atoms with van der Waals surface area (Å²) in [6.07, 6.45) is 4.96. The predicted octanol–water partition coefficient (Wildman–Crippen LogP) is 6.76. The molecule has 0 saturated carbocycles. The normalized spacial score (nSPS) is 10.9. The lowest BCUT2D eigenvalue weighted by molar-refractivity contribution is 0.579. The second-order valence-electron chi connectivity index (χ2n) is 6.78. The average Bonchev–Trinajstić information content (AvgIpc) is 2.65. The summed E-state index contributed by atoms with van der Waals surface area (Å²) in [4.78, 5) is 0. The van der Waals surface area contributed by atoms with Gasteiger partial charge in [0.15, 0.2) is 0 Å². The molecule has 0 aliphatic heterocycles. The van der Waals surface area contributed by atoms with Crippen LogP contribution in [0.5, 0.6) is 0 Å². The molecule has 0 heterocycles. The number of hydrogen-bond acceptors (Lipinski definition) is 0. The number of rotatable bonds is 7. The molecule has 3 aromatic carbocycles. The van der Waals surface area contributed by atoms with Gasteiger partial charge in [0.2, 0.25) is 0 Å². The summed E-state index contributed by atoms with van der Waals surface area (Å²) in [5, 5.41) is 0. The zero-order valence-corrected chi connectivity index (χ0v) is 15.1. The van der Waals surface area contributed by atoms with Crippen molar-refractivity contribution in [3.8, 4) is 11.1 Å². The Labute approximate surface area is 154 Å². The Morgan fingerprint density at radius 1 is 0.577 bits per heavy atom. The highest BCUT2D eigenvalue weighted by Gasteiger charge is 2.03. The molecule has 0 aliphatic carbocycles. The van der Waals surface area contributed by atoms with Crippen LogP contribution in [-0.4, -0.2) is 0 Å². The minimum Gasteiger partial charge on any atom is -0.207 e. The molecule has 0 radical (unpaired) electrons. The Balaban J connectivity index is 1.62. The van der Waals surface area contributed by atoms with Crippen LogP contribution in [0.1, 0.15) is 36.5 Å². The smallest absolute Gasteiger partial charge is 0.126 e. The van der Waals surface area contributed by atoms with E-state index in [1.54, 1.807) is 0 Å². The monoisotopic (exact) mass is 350 g/mol. The van der Waals surface area contributed by atoms with Crippen molar-refractivity contribution in [2.24, 2.45) is 0 Å². The van der Waals surface area contributed by atoms with Gasteiger partial charge in [-0.05, 0) is 65.6 Å². The first-order valence-corrected chi connectivity index (χ1v) is 9.27. The first-order chi connectivity index (χ1) is 12.6. The van der Waals surface area contributed by atoms with Crippen LogP contribution < -0.4 is 0 Å². The highest BCUT2D eigenvalue weighted by molar-refractivity contribution is 5.64. The van der Waals surface area contributed by atoms with Gasteiger partial charge in [0, 0.05) is 6.07 Å². The molecule has 26 heavy (non-hydrogen) atoms. The zero-order valence-electron chi connectivity index (χ0n) is 15.1. The maximum absolute atomic E-state index is 13.3. The molecular weight excluding hydrogens is 326 g/mol. The largest absolute Gasteiger partial charge is 0.207 e. The van der Waals surface area contributed by atoms with E-state index >= 15 is 0 Å². The molecule has 0 aromatic heterocycles. The summed E-state index contributed by atoms with van der Waals surface area (Å²) >= 11 is 0. The van der Waals surface area contributed by atoms with Crippen molar-refractivity contribution in [3.63, 3.8) is 0 Å². The number of benzene rings is 3. The van der Waals surface area contributed by atoms with Crippen LogP contribution in [0.2, 0.25) is 0 Å². The van der Waals surface area contributed by atoms with Crippen molar-refractivity contribution in [3.05, 3.63) is 95.1 Å². The molecule has 3 rings (SSSR count). The van der Waals surface area contributed by atoms with Gasteiger partial charge in [-0.25, -0.2) is 8.78 Å². The number of aryl methyl sites for hydroxylation is 3. The van der Waals surface area contributed by atoms with Crippen LogP contribution in [0.3, 0.4) is 0 Å². The van der Waals surface area contributed by atoms with Crippen LogP contribution in [0.4, 0.5) is 8.78 Å². The quantitative estimate of drug-likeness (QED) is 0.441. The summed E-state index contributed by atoms with van der Waals surface area (Å²) in [5.74, 6) is -1.03. The van der Waals surface area contributed by atoms with Crippen molar-refractivity contribution >= 4 is 0 Å². The highest BCUT2D eigenvalue weighted by Crippen LogP contribution is 2.22. The second kappa shape index (κ2) is 8.75. The van der Waals surface area contributed by atoms with Gasteiger partial charge in [0.25, 0.3) is 0 Å². The summed E-state index contributed by atoms with van der Waals surface area (Å²) in [6, 6.07) is 20.9. The molecule has 134 valence electrons. The Morgan fingerprint density at radius 2 is 1.04 bits per heavy atom. The molecule has 0 atom stereocenters. The van der Waals surface area contributed by atoms with E-state index in [1.807, 2.05) is 0 Å². The van der Waals surface area contributed by atoms with Crippen molar-refractivity contribution in [1.29, 1.82) is 0 Å². The van der Waals surface area contributed by atoms with Gasteiger partial charge >= 0.3 is 0 Å². The van der Waals surface area contributed by atoms with E-state index in [0.717, 1.165) is 24.5 Å². The van der Waals surface area contributed by atoms with Crippen LogP contribution in [0, 0.1) is 11.6 Å². The first kappa shape index (κ1) is 18.3. The van der Waals surface area contributed by atoms with Crippen LogP contribution in [-0.2, 0) is 19.3 Å². The third-order valence-corrected chi connectivity index (χ3v) is 4.68. The van der Waals surface area contributed by atoms with Gasteiger partial charge in [-0.3, -0.25) is 0 Å². The molecular formula is C24H24F2. The van der Waals surface area contributed by atoms with Gasteiger partial charge in [-0.15, -0.1) is 0 Å². The average molecular weight is 350 g/mol. The van der Waals surface area contributed by atoms with E-state index in [4.69, 9.17) is 0 Å². The summed E-state index contributed by atoms with van der Waals surface area (Å²) in [5.41, 5.74) is 5.64. The lowest BCUT2D eigenvalue weighted by Gasteiger charge is -2.07. The van der Waals surface area contributed by atoms with Gasteiger partial charge < -0.3 is 0 Å². The standard InChI is InChI=1S/C24H24F2/c1-2-3-4-18-7-11-21(12-8-18)22-13-9-19(10-14-22)5-6-20-15-23(25)17-24(26)16-20/h7-17H,2-6H2,1H3. The predicted molar refractivity (Wildman–Crippen MR) is 104 cm³/mol. The Hall–Kier alpha value is -2.48. The van der Waals surface area contributed by atoms with Crippen molar-refractivity contribution in [2.75, 3.05) is 0 Å². The maximum atomic E-state index is 13.3. The minimum atomic E-state index is -0.516. The maximum Gasteiger partial charge on any atom is 0.126 e. The van der Waals surface area contributed by atoms with E-state index in [-0.39, 0.29) is 0 Å². The Kier molecular flexibility index (Phi) is 6.17. The van der Waals surface area contributed by atoms with Gasteiger partial charge in [0.1, 0.15) is 11.6 Å². The summed E-state index contributed by atoms with van der Waals surface area (Å²) < 4.78 is 26.5. The van der Waals surface area contributed by atoms with E-state index in [2.05, 4.69) is 55.5 Å². The lowest BCUT2D eigenvalue weighted by atomic mass is 9.99. The van der Waals surface area contributed by atoms with Crippen molar-refractivity contribution < 1.29 is 8.78 Å². The van der Waals surface area contributed by atoms with E-state index in [1.165, 1.54) is 41.7 Å². The van der Waals surface area contributed by atoms with Gasteiger partial charge in [0.05, 0.1) is 0 Å². The van der Waals surface area contributed by atoms with Crippen LogP contribution in [0.25, 0.3) is 11.1 Å². The first-order valence-electron chi connectivity index (χ1n) is 9.27. The molecule has 2 heteroatoms. The summed E-state index contributed by atoms with van der Waals surface area (Å²) in [6.45, 7) is 2.21. The van der Waals surface area contributed by atoms with E-state index < -0.39 is 11.6 Å². The van der Waals surface area contributed by atoms with Crippen LogP contribution >= 0.6 is 0 Å². The van der Waals surface area contributed by atoms with E-state index in [9.17, 15) is 8.78 Å². The van der Waals surface area contributed by atoms with Crippen molar-refractivity contribution in [1.82, 2.24) is 0 Å². The topological polar surface area (TPSA) is 0 Å². The fraction of sp³-hybridized carbons (Fsp3) is 0.250. The second-order valence-corrected chi connectivity index (χ2v) is 6.78. The molecule has 0 nitrogen and oxygen atoms in total. The molecule has 0 unspecified atom stereocenters. The third kappa shape index (κ3) is 5.01. The summed E-state index contributed by atoms with van der Waals surface area (Å²) in [7, 11) is 0. The minimum absolute atomic E-state index is 0.516. The van der Waals surface area contributed by atoms with E-state index in [0.29, 0.717) is 12.0 Å². The molecule has 0 bridgehead atoms. The number of unbranched alkanes of at least 4 members (excludes halogenated alkanes) is 1. The third-order valence-electron chi connectivity index (χ3n) is 4.68. The molecule has 0 fully saturated rings. The highest BCUT2D eigenvalue weighted by atomic mass is 19.1. The lowest BCUT2D eigenvalue weighted by Crippen LogP contribution is -1.94.